The molecule has 3 aromatic rings. The molecule has 0 radical (unpaired) electrons. The van der Waals surface area contributed by atoms with Crippen LogP contribution in [0.3, 0.4) is 0 Å². The fourth-order valence-electron chi connectivity index (χ4n) is 3.28. The number of hydrogen-bond acceptors (Lipinski definition) is 6. The third kappa shape index (κ3) is 4.31. The van der Waals surface area contributed by atoms with Gasteiger partial charge < -0.3 is 14.4 Å². The second-order valence-electron chi connectivity index (χ2n) is 7.59. The highest BCUT2D eigenvalue weighted by Crippen LogP contribution is 2.35. The van der Waals surface area contributed by atoms with Gasteiger partial charge in [-0.1, -0.05) is 11.6 Å². The summed E-state index contributed by atoms with van der Waals surface area (Å²) >= 11 is 5.94. The number of benzene rings is 2. The van der Waals surface area contributed by atoms with Crippen LogP contribution < -0.4 is 14.4 Å². The smallest absolute Gasteiger partial charge is 0.262 e. The van der Waals surface area contributed by atoms with E-state index in [1.165, 1.54) is 13.4 Å². The van der Waals surface area contributed by atoms with Gasteiger partial charge in [0.2, 0.25) is 0 Å². The molecule has 4 rings (SSSR count). The largest absolute Gasteiger partial charge is 0.493 e. The maximum absolute atomic E-state index is 13.0. The van der Waals surface area contributed by atoms with Crippen LogP contribution in [-0.2, 0) is 16.4 Å². The first-order chi connectivity index (χ1) is 15.2. The molecule has 1 aromatic heterocycles. The summed E-state index contributed by atoms with van der Waals surface area (Å²) < 4.78 is 35.9. The Balaban J connectivity index is 1.52. The summed E-state index contributed by atoms with van der Waals surface area (Å²) in [5.74, 6) is 0.650. The summed E-state index contributed by atoms with van der Waals surface area (Å²) in [5, 5.41) is 4.52. The minimum Gasteiger partial charge on any atom is -0.493 e. The molecule has 10 heteroatoms. The summed E-state index contributed by atoms with van der Waals surface area (Å²) in [6.45, 7) is 1.91. The molecule has 0 aliphatic carbocycles. The van der Waals surface area contributed by atoms with Crippen LogP contribution in [0.2, 0.25) is 5.02 Å². The molecule has 0 spiro atoms. The lowest BCUT2D eigenvalue weighted by molar-refractivity contribution is 0.0996. The highest BCUT2D eigenvalue weighted by molar-refractivity contribution is 7.91. The SMILES string of the molecule is COc1cc(N2Cc3nn(-c4ccc(Cl)cc4)cc3C2=O)ccc1OCC(C)S(C)(=O)=O. The van der Waals surface area contributed by atoms with Crippen LogP contribution in [0.4, 0.5) is 5.69 Å². The van der Waals surface area contributed by atoms with Gasteiger partial charge in [0.25, 0.3) is 5.91 Å². The maximum atomic E-state index is 13.0. The van der Waals surface area contributed by atoms with Crippen LogP contribution in [0.1, 0.15) is 23.0 Å². The van der Waals surface area contributed by atoms with E-state index in [1.807, 2.05) is 12.1 Å². The van der Waals surface area contributed by atoms with Crippen molar-refractivity contribution in [2.45, 2.75) is 18.7 Å². The summed E-state index contributed by atoms with van der Waals surface area (Å²) in [7, 11) is -1.72. The first kappa shape index (κ1) is 22.2. The lowest BCUT2D eigenvalue weighted by Crippen LogP contribution is -2.24. The molecule has 2 heterocycles. The molecule has 1 aliphatic heterocycles. The van der Waals surface area contributed by atoms with E-state index >= 15 is 0 Å². The molecule has 0 saturated carbocycles. The van der Waals surface area contributed by atoms with E-state index in [-0.39, 0.29) is 12.5 Å². The predicted molar refractivity (Wildman–Crippen MR) is 122 cm³/mol. The Morgan fingerprint density at radius 2 is 1.81 bits per heavy atom. The van der Waals surface area contributed by atoms with Crippen LogP contribution in [0, 0.1) is 0 Å². The van der Waals surface area contributed by atoms with Gasteiger partial charge in [-0.05, 0) is 43.3 Å². The standard InChI is InChI=1S/C22H22ClN3O5S/c1-14(32(3,28)29)13-31-20-9-8-17(10-21(20)30-2)25-12-19-18(22(25)27)11-26(24-19)16-6-4-15(23)5-7-16/h4-11,14H,12-13H2,1-3H3. The first-order valence-electron chi connectivity index (χ1n) is 9.83. The van der Waals surface area contributed by atoms with Crippen molar-refractivity contribution in [3.05, 3.63) is 64.9 Å². The normalized spacial score (nSPS) is 14.4. The predicted octanol–water partition coefficient (Wildman–Crippen LogP) is 3.51. The highest BCUT2D eigenvalue weighted by atomic mass is 35.5. The van der Waals surface area contributed by atoms with Crippen molar-refractivity contribution < 1.29 is 22.7 Å². The molecule has 32 heavy (non-hydrogen) atoms. The van der Waals surface area contributed by atoms with Crippen molar-refractivity contribution in [3.8, 4) is 17.2 Å². The van der Waals surface area contributed by atoms with Crippen LogP contribution in [0.5, 0.6) is 11.5 Å². The van der Waals surface area contributed by atoms with Crippen molar-refractivity contribution >= 4 is 33.0 Å². The van der Waals surface area contributed by atoms with Gasteiger partial charge in [-0.15, -0.1) is 0 Å². The van der Waals surface area contributed by atoms with Crippen molar-refractivity contribution in [1.82, 2.24) is 9.78 Å². The van der Waals surface area contributed by atoms with Crippen molar-refractivity contribution in [3.63, 3.8) is 0 Å². The maximum Gasteiger partial charge on any atom is 0.262 e. The average Bonchev–Trinajstić information content (AvgIpc) is 3.31. The zero-order chi connectivity index (χ0) is 23.0. The lowest BCUT2D eigenvalue weighted by Gasteiger charge is -2.19. The van der Waals surface area contributed by atoms with Crippen molar-refractivity contribution in [1.29, 1.82) is 0 Å². The molecular weight excluding hydrogens is 454 g/mol. The number of aromatic nitrogens is 2. The number of methoxy groups -OCH3 is 1. The average molecular weight is 476 g/mol. The van der Waals surface area contributed by atoms with E-state index in [4.69, 9.17) is 21.1 Å². The Bertz CT molecular complexity index is 1270. The quantitative estimate of drug-likeness (QED) is 0.519. The first-order valence-corrected chi connectivity index (χ1v) is 12.2. The van der Waals surface area contributed by atoms with Gasteiger partial charge in [-0.3, -0.25) is 4.79 Å². The Morgan fingerprint density at radius 1 is 1.12 bits per heavy atom. The number of rotatable bonds is 7. The third-order valence-electron chi connectivity index (χ3n) is 5.33. The van der Waals surface area contributed by atoms with E-state index in [1.54, 1.807) is 53.0 Å². The van der Waals surface area contributed by atoms with E-state index in [2.05, 4.69) is 5.10 Å². The molecule has 0 N–H and O–H groups in total. The third-order valence-corrected chi connectivity index (χ3v) is 7.18. The number of ether oxygens (including phenoxy) is 2. The van der Waals surface area contributed by atoms with E-state index in [9.17, 15) is 13.2 Å². The fourth-order valence-corrected chi connectivity index (χ4v) is 3.72. The Hall–Kier alpha value is -3.04. The minimum atomic E-state index is -3.21. The minimum absolute atomic E-state index is 0.00140. The summed E-state index contributed by atoms with van der Waals surface area (Å²) in [4.78, 5) is 14.6. The van der Waals surface area contributed by atoms with Crippen LogP contribution in [0.15, 0.2) is 48.7 Å². The second-order valence-corrected chi connectivity index (χ2v) is 10.5. The topological polar surface area (TPSA) is 90.7 Å². The zero-order valence-corrected chi connectivity index (χ0v) is 19.4. The summed E-state index contributed by atoms with van der Waals surface area (Å²) in [6.07, 6.45) is 2.88. The number of halogens is 1. The monoisotopic (exact) mass is 475 g/mol. The molecule has 1 atom stereocenters. The number of nitrogens with zero attached hydrogens (tertiary/aromatic N) is 3. The van der Waals surface area contributed by atoms with Crippen LogP contribution in [0.25, 0.3) is 5.69 Å². The number of amides is 1. The lowest BCUT2D eigenvalue weighted by atomic mass is 10.2. The Labute approximate surface area is 191 Å². The van der Waals surface area contributed by atoms with E-state index < -0.39 is 15.1 Å². The van der Waals surface area contributed by atoms with Gasteiger partial charge in [-0.2, -0.15) is 5.10 Å². The molecule has 168 valence electrons. The fraction of sp³-hybridized carbons (Fsp3) is 0.273. The molecule has 2 aromatic carbocycles. The van der Waals surface area contributed by atoms with E-state index in [0.29, 0.717) is 40.0 Å². The highest BCUT2D eigenvalue weighted by Gasteiger charge is 2.32. The molecule has 8 nitrogen and oxygen atoms in total. The van der Waals surface area contributed by atoms with Gasteiger partial charge in [0.1, 0.15) is 6.61 Å². The van der Waals surface area contributed by atoms with Crippen LogP contribution in [-0.4, -0.2) is 49.3 Å². The number of hydrogen-bond donors (Lipinski definition) is 0. The van der Waals surface area contributed by atoms with Crippen molar-refractivity contribution in [2.75, 3.05) is 24.9 Å². The van der Waals surface area contributed by atoms with E-state index in [0.717, 1.165) is 5.69 Å². The molecule has 0 fully saturated rings. The van der Waals surface area contributed by atoms with Crippen molar-refractivity contribution in [2.24, 2.45) is 0 Å². The number of anilines is 1. The molecule has 1 unspecified atom stereocenters. The Kier molecular flexibility index (Phi) is 5.87. The van der Waals surface area contributed by atoms with Gasteiger partial charge >= 0.3 is 0 Å². The Morgan fingerprint density at radius 3 is 2.44 bits per heavy atom. The molecule has 0 bridgehead atoms. The van der Waals surface area contributed by atoms with Crippen LogP contribution >= 0.6 is 11.6 Å². The zero-order valence-electron chi connectivity index (χ0n) is 17.8. The number of carbonyl (C=O) groups excluding carboxylic acids is 1. The number of fused-ring (bicyclic) bond motifs is 1. The summed E-state index contributed by atoms with van der Waals surface area (Å²) in [6, 6.07) is 12.3. The number of sulfone groups is 1. The molecule has 0 saturated heterocycles. The second kappa shape index (κ2) is 8.48. The number of carbonyl (C=O) groups is 1. The van der Waals surface area contributed by atoms with Gasteiger partial charge in [0, 0.05) is 29.2 Å². The summed E-state index contributed by atoms with van der Waals surface area (Å²) in [5.41, 5.74) is 2.65. The van der Waals surface area contributed by atoms with Gasteiger partial charge in [0.05, 0.1) is 35.8 Å². The molecule has 1 amide bonds. The van der Waals surface area contributed by atoms with Gasteiger partial charge in [-0.25, -0.2) is 13.1 Å². The molecular formula is C22H22ClN3O5S. The molecule has 1 aliphatic rings. The van der Waals surface area contributed by atoms with Gasteiger partial charge in [0.15, 0.2) is 21.3 Å².